The van der Waals surface area contributed by atoms with Crippen molar-refractivity contribution < 1.29 is 4.74 Å². The predicted octanol–water partition coefficient (Wildman–Crippen LogP) is 4.65. The third-order valence-corrected chi connectivity index (χ3v) is 3.44. The first-order valence-electron chi connectivity index (χ1n) is 7.69. The Kier molecular flexibility index (Phi) is 9.17. The Morgan fingerprint density at radius 1 is 1.00 bits per heavy atom. The second-order valence-corrected chi connectivity index (χ2v) is 5.09. The molecule has 1 aromatic carbocycles. The molecule has 0 aromatic heterocycles. The lowest BCUT2D eigenvalue weighted by Gasteiger charge is -2.11. The van der Waals surface area contributed by atoms with Crippen LogP contribution in [0.1, 0.15) is 51.0 Å². The Morgan fingerprint density at radius 2 is 1.74 bits per heavy atom. The lowest BCUT2D eigenvalue weighted by molar-refractivity contribution is 0.202. The van der Waals surface area contributed by atoms with Crippen LogP contribution in [-0.4, -0.2) is 20.3 Å². The van der Waals surface area contributed by atoms with Crippen LogP contribution in [0.4, 0.5) is 5.69 Å². The molecule has 1 N–H and O–H groups in total. The van der Waals surface area contributed by atoms with Crippen molar-refractivity contribution in [3.05, 3.63) is 29.8 Å². The number of para-hydroxylation sites is 1. The van der Waals surface area contributed by atoms with Gasteiger partial charge >= 0.3 is 0 Å². The molecule has 0 atom stereocenters. The summed E-state index contributed by atoms with van der Waals surface area (Å²) >= 11 is 0. The highest BCUT2D eigenvalue weighted by Crippen LogP contribution is 2.16. The third kappa shape index (κ3) is 7.22. The minimum atomic E-state index is 0.787. The molecule has 0 saturated carbocycles. The van der Waals surface area contributed by atoms with Crippen LogP contribution < -0.4 is 5.32 Å². The van der Waals surface area contributed by atoms with E-state index in [1.54, 1.807) is 7.11 Å². The zero-order valence-corrected chi connectivity index (χ0v) is 12.6. The molecule has 2 heteroatoms. The molecule has 0 radical (unpaired) electrons. The van der Waals surface area contributed by atoms with Crippen molar-refractivity contribution in [2.45, 2.75) is 51.9 Å². The van der Waals surface area contributed by atoms with Gasteiger partial charge in [0, 0.05) is 19.3 Å². The van der Waals surface area contributed by atoms with E-state index < -0.39 is 0 Å². The van der Waals surface area contributed by atoms with Crippen LogP contribution in [0.25, 0.3) is 0 Å². The monoisotopic (exact) mass is 263 g/mol. The van der Waals surface area contributed by atoms with E-state index in [9.17, 15) is 0 Å². The smallest absolute Gasteiger partial charge is 0.0503 e. The molecule has 0 aliphatic heterocycles. The average Bonchev–Trinajstić information content (AvgIpc) is 2.45. The van der Waals surface area contributed by atoms with Crippen LogP contribution in [0.2, 0.25) is 0 Å². The van der Waals surface area contributed by atoms with Crippen LogP contribution in [-0.2, 0) is 11.2 Å². The van der Waals surface area contributed by atoms with Crippen LogP contribution in [0.3, 0.4) is 0 Å². The van der Waals surface area contributed by atoms with Gasteiger partial charge in [0.25, 0.3) is 0 Å². The molecule has 0 bridgehead atoms. The number of benzene rings is 1. The number of hydrogen-bond donors (Lipinski definition) is 1. The van der Waals surface area contributed by atoms with Crippen LogP contribution in [0.5, 0.6) is 0 Å². The van der Waals surface area contributed by atoms with Gasteiger partial charge in [0.2, 0.25) is 0 Å². The zero-order valence-electron chi connectivity index (χ0n) is 12.6. The molecule has 19 heavy (non-hydrogen) atoms. The quantitative estimate of drug-likeness (QED) is 0.587. The van der Waals surface area contributed by atoms with Crippen LogP contribution in [0.15, 0.2) is 24.3 Å². The fourth-order valence-corrected chi connectivity index (χ4v) is 2.25. The van der Waals surface area contributed by atoms with Gasteiger partial charge in [-0.3, -0.25) is 0 Å². The summed E-state index contributed by atoms with van der Waals surface area (Å²) in [5, 5.41) is 3.56. The van der Waals surface area contributed by atoms with Crippen molar-refractivity contribution in [2.24, 2.45) is 0 Å². The second kappa shape index (κ2) is 10.9. The number of unbranched alkanes of at least 4 members (excludes halogenated alkanes) is 5. The van der Waals surface area contributed by atoms with Gasteiger partial charge in [0.15, 0.2) is 0 Å². The van der Waals surface area contributed by atoms with E-state index in [0.717, 1.165) is 19.6 Å². The van der Waals surface area contributed by atoms with Gasteiger partial charge in [-0.15, -0.1) is 0 Å². The van der Waals surface area contributed by atoms with Gasteiger partial charge in [0.05, 0.1) is 6.61 Å². The van der Waals surface area contributed by atoms with Gasteiger partial charge in [0.1, 0.15) is 0 Å². The van der Waals surface area contributed by atoms with Gasteiger partial charge in [-0.2, -0.15) is 0 Å². The van der Waals surface area contributed by atoms with E-state index in [1.807, 2.05) is 0 Å². The fourth-order valence-electron chi connectivity index (χ4n) is 2.25. The fraction of sp³-hybridized carbons (Fsp3) is 0.647. The first-order valence-corrected chi connectivity index (χ1v) is 7.69. The number of hydrogen-bond acceptors (Lipinski definition) is 2. The van der Waals surface area contributed by atoms with Crippen molar-refractivity contribution in [3.8, 4) is 0 Å². The molecular weight excluding hydrogens is 234 g/mol. The van der Waals surface area contributed by atoms with Gasteiger partial charge < -0.3 is 10.1 Å². The normalized spacial score (nSPS) is 10.6. The Labute approximate surface area is 118 Å². The average molecular weight is 263 g/mol. The van der Waals surface area contributed by atoms with E-state index in [1.165, 1.54) is 49.8 Å². The molecule has 0 fully saturated rings. The molecule has 0 saturated heterocycles. The summed E-state index contributed by atoms with van der Waals surface area (Å²) in [7, 11) is 1.76. The Morgan fingerprint density at radius 3 is 2.53 bits per heavy atom. The predicted molar refractivity (Wildman–Crippen MR) is 83.9 cm³/mol. The number of methoxy groups -OCH3 is 1. The molecular formula is C17H29NO. The Bertz CT molecular complexity index is 325. The standard InChI is InChI=1S/C17H29NO/c1-3-4-5-6-7-10-14-18-17-12-9-8-11-16(17)13-15-19-2/h8-9,11-12,18H,3-7,10,13-15H2,1-2H3. The molecule has 0 spiro atoms. The molecule has 2 nitrogen and oxygen atoms in total. The van der Waals surface area contributed by atoms with Crippen molar-refractivity contribution in [2.75, 3.05) is 25.6 Å². The maximum absolute atomic E-state index is 5.15. The summed E-state index contributed by atoms with van der Waals surface area (Å²) in [6.45, 7) is 4.13. The highest BCUT2D eigenvalue weighted by atomic mass is 16.5. The number of nitrogens with one attached hydrogen (secondary N) is 1. The van der Waals surface area contributed by atoms with Crippen molar-refractivity contribution in [1.29, 1.82) is 0 Å². The molecule has 0 unspecified atom stereocenters. The zero-order chi connectivity index (χ0) is 13.8. The van der Waals surface area contributed by atoms with E-state index in [-0.39, 0.29) is 0 Å². The highest BCUT2D eigenvalue weighted by Gasteiger charge is 2.00. The van der Waals surface area contributed by atoms with Crippen molar-refractivity contribution >= 4 is 5.69 Å². The van der Waals surface area contributed by atoms with E-state index >= 15 is 0 Å². The summed E-state index contributed by atoms with van der Waals surface area (Å²) in [5.74, 6) is 0. The number of ether oxygens (including phenoxy) is 1. The minimum Gasteiger partial charge on any atom is -0.385 e. The lowest BCUT2D eigenvalue weighted by atomic mass is 10.1. The van der Waals surface area contributed by atoms with E-state index in [0.29, 0.717) is 0 Å². The topological polar surface area (TPSA) is 21.3 Å². The van der Waals surface area contributed by atoms with Crippen LogP contribution in [0, 0.1) is 0 Å². The molecule has 1 aromatic rings. The lowest BCUT2D eigenvalue weighted by Crippen LogP contribution is -2.05. The summed E-state index contributed by atoms with van der Waals surface area (Å²) in [6.07, 6.45) is 9.06. The first kappa shape index (κ1) is 16.0. The van der Waals surface area contributed by atoms with E-state index in [4.69, 9.17) is 4.74 Å². The molecule has 0 aliphatic carbocycles. The van der Waals surface area contributed by atoms with Gasteiger partial charge in [-0.05, 0) is 24.5 Å². The largest absolute Gasteiger partial charge is 0.385 e. The first-order chi connectivity index (χ1) is 9.38. The summed E-state index contributed by atoms with van der Waals surface area (Å²) < 4.78 is 5.15. The molecule has 108 valence electrons. The SMILES string of the molecule is CCCCCCCCNc1ccccc1CCOC. The van der Waals surface area contributed by atoms with Gasteiger partial charge in [-0.25, -0.2) is 0 Å². The molecule has 1 rings (SSSR count). The van der Waals surface area contributed by atoms with Gasteiger partial charge in [-0.1, -0.05) is 57.2 Å². The summed E-state index contributed by atoms with van der Waals surface area (Å²) in [6, 6.07) is 8.55. The molecule has 0 aliphatic rings. The Hall–Kier alpha value is -1.02. The maximum Gasteiger partial charge on any atom is 0.0503 e. The second-order valence-electron chi connectivity index (χ2n) is 5.09. The van der Waals surface area contributed by atoms with E-state index in [2.05, 4.69) is 36.5 Å². The molecule has 0 amide bonds. The number of rotatable bonds is 11. The van der Waals surface area contributed by atoms with Crippen molar-refractivity contribution in [3.63, 3.8) is 0 Å². The highest BCUT2D eigenvalue weighted by molar-refractivity contribution is 5.51. The summed E-state index contributed by atoms with van der Waals surface area (Å²) in [4.78, 5) is 0. The maximum atomic E-state index is 5.15. The third-order valence-electron chi connectivity index (χ3n) is 3.44. The number of anilines is 1. The Balaban J connectivity index is 2.21. The minimum absolute atomic E-state index is 0.787. The summed E-state index contributed by atoms with van der Waals surface area (Å²) in [5.41, 5.74) is 2.63. The molecule has 0 heterocycles. The van der Waals surface area contributed by atoms with Crippen LogP contribution >= 0.6 is 0 Å². The van der Waals surface area contributed by atoms with Crippen molar-refractivity contribution in [1.82, 2.24) is 0 Å².